The maximum atomic E-state index is 12.1. The van der Waals surface area contributed by atoms with Crippen molar-refractivity contribution in [3.8, 4) is 22.3 Å². The molecule has 0 unspecified atom stereocenters. The van der Waals surface area contributed by atoms with Crippen molar-refractivity contribution in [3.63, 3.8) is 0 Å². The van der Waals surface area contributed by atoms with E-state index in [0.29, 0.717) is 23.0 Å². The van der Waals surface area contributed by atoms with Crippen molar-refractivity contribution in [2.45, 2.75) is 40.5 Å². The first kappa shape index (κ1) is 23.3. The van der Waals surface area contributed by atoms with Gasteiger partial charge in [0.15, 0.2) is 0 Å². The molecule has 0 heterocycles. The predicted molar refractivity (Wildman–Crippen MR) is 128 cm³/mol. The van der Waals surface area contributed by atoms with Crippen LogP contribution in [0.3, 0.4) is 0 Å². The Morgan fingerprint density at radius 1 is 0.688 bits per heavy atom. The third kappa shape index (κ3) is 5.08. The molecule has 166 valence electrons. The topological polar surface area (TPSA) is 74.6 Å². The molecule has 0 aliphatic heterocycles. The summed E-state index contributed by atoms with van der Waals surface area (Å²) in [6.45, 7) is 8.57. The van der Waals surface area contributed by atoms with Gasteiger partial charge in [-0.1, -0.05) is 76.2 Å². The zero-order valence-electron chi connectivity index (χ0n) is 19.1. The molecule has 0 atom stereocenters. The third-order valence-electron chi connectivity index (χ3n) is 5.43. The zero-order chi connectivity index (χ0) is 23.4. The number of carbonyl (C=O) groups is 2. The fraction of sp³-hybridized carbons (Fsp3) is 0.286. The van der Waals surface area contributed by atoms with Crippen molar-refractivity contribution in [1.82, 2.24) is 0 Å². The van der Waals surface area contributed by atoms with Gasteiger partial charge in [0, 0.05) is 0 Å². The molecule has 0 saturated heterocycles. The second-order valence-electron chi connectivity index (χ2n) is 9.07. The van der Waals surface area contributed by atoms with Crippen LogP contribution in [-0.2, 0) is 12.8 Å². The minimum absolute atomic E-state index is 0.207. The van der Waals surface area contributed by atoms with E-state index in [1.165, 1.54) is 0 Å². The highest BCUT2D eigenvalue weighted by molar-refractivity contribution is 6.03. The molecule has 3 rings (SSSR count). The minimum atomic E-state index is -1.00. The second kappa shape index (κ2) is 9.82. The number of carboxylic acid groups (broad SMARTS) is 2. The molecule has 0 amide bonds. The van der Waals surface area contributed by atoms with Gasteiger partial charge in [-0.25, -0.2) is 9.59 Å². The molecule has 0 aromatic heterocycles. The van der Waals surface area contributed by atoms with E-state index < -0.39 is 11.9 Å². The van der Waals surface area contributed by atoms with Crippen LogP contribution in [-0.4, -0.2) is 22.2 Å². The molecule has 0 radical (unpaired) electrons. The molecule has 0 fully saturated rings. The van der Waals surface area contributed by atoms with Crippen molar-refractivity contribution < 1.29 is 19.8 Å². The lowest BCUT2D eigenvalue weighted by molar-refractivity contribution is 0.0686. The lowest BCUT2D eigenvalue weighted by Crippen LogP contribution is -2.07. The Labute approximate surface area is 189 Å². The van der Waals surface area contributed by atoms with Gasteiger partial charge in [0.1, 0.15) is 0 Å². The highest BCUT2D eigenvalue weighted by Crippen LogP contribution is 2.40. The number of benzene rings is 3. The minimum Gasteiger partial charge on any atom is -0.478 e. The summed E-state index contributed by atoms with van der Waals surface area (Å²) >= 11 is 0. The van der Waals surface area contributed by atoms with Crippen LogP contribution in [0.25, 0.3) is 22.3 Å². The molecule has 4 nitrogen and oxygen atoms in total. The Balaban J connectivity index is 2.46. The van der Waals surface area contributed by atoms with Gasteiger partial charge in [-0.05, 0) is 70.2 Å². The van der Waals surface area contributed by atoms with Gasteiger partial charge in [0.25, 0.3) is 0 Å². The fourth-order valence-electron chi connectivity index (χ4n) is 4.28. The summed E-state index contributed by atoms with van der Waals surface area (Å²) in [5.41, 5.74) is 5.38. The summed E-state index contributed by atoms with van der Waals surface area (Å²) in [6, 6.07) is 18.1. The van der Waals surface area contributed by atoms with Crippen LogP contribution in [0.2, 0.25) is 0 Å². The number of carboxylic acids is 2. The van der Waals surface area contributed by atoms with Crippen LogP contribution in [0.1, 0.15) is 59.5 Å². The molecule has 0 bridgehead atoms. The quantitative estimate of drug-likeness (QED) is 0.411. The van der Waals surface area contributed by atoms with Crippen LogP contribution in [0.5, 0.6) is 0 Å². The van der Waals surface area contributed by atoms with Gasteiger partial charge in [0.05, 0.1) is 11.1 Å². The Kier molecular flexibility index (Phi) is 7.14. The monoisotopic (exact) mass is 430 g/mol. The fourth-order valence-corrected chi connectivity index (χ4v) is 4.28. The van der Waals surface area contributed by atoms with E-state index in [1.807, 2.05) is 30.3 Å². The van der Waals surface area contributed by atoms with Crippen LogP contribution in [0.15, 0.2) is 60.7 Å². The van der Waals surface area contributed by atoms with Crippen LogP contribution in [0, 0.1) is 11.8 Å². The highest BCUT2D eigenvalue weighted by Gasteiger charge is 2.22. The first-order valence-corrected chi connectivity index (χ1v) is 11.0. The molecule has 0 spiro atoms. The summed E-state index contributed by atoms with van der Waals surface area (Å²) in [4.78, 5) is 24.1. The second-order valence-corrected chi connectivity index (χ2v) is 9.07. The van der Waals surface area contributed by atoms with E-state index >= 15 is 0 Å². The van der Waals surface area contributed by atoms with Crippen LogP contribution < -0.4 is 0 Å². The molecular formula is C28H30O4. The maximum absolute atomic E-state index is 12.1. The maximum Gasteiger partial charge on any atom is 0.336 e. The lowest BCUT2D eigenvalue weighted by Gasteiger charge is -2.22. The summed E-state index contributed by atoms with van der Waals surface area (Å²) in [6.07, 6.45) is 1.62. The van der Waals surface area contributed by atoms with Gasteiger partial charge in [-0.2, -0.15) is 0 Å². The van der Waals surface area contributed by atoms with E-state index in [2.05, 4.69) is 33.8 Å². The summed E-state index contributed by atoms with van der Waals surface area (Å²) in [7, 11) is 0. The SMILES string of the molecule is CC(C)Cc1cc(CC(C)C)c(-c2ccccc2C(=O)O)c(-c2ccccc2C(=O)O)c1. The Bertz CT molecular complexity index is 1140. The van der Waals surface area contributed by atoms with Crippen LogP contribution >= 0.6 is 0 Å². The largest absolute Gasteiger partial charge is 0.478 e. The van der Waals surface area contributed by atoms with Crippen molar-refractivity contribution in [2.24, 2.45) is 11.8 Å². The number of hydrogen-bond acceptors (Lipinski definition) is 2. The summed E-state index contributed by atoms with van der Waals surface area (Å²) in [5.74, 6) is -1.22. The molecule has 2 N–H and O–H groups in total. The van der Waals surface area contributed by atoms with Crippen molar-refractivity contribution in [3.05, 3.63) is 82.9 Å². The third-order valence-corrected chi connectivity index (χ3v) is 5.43. The number of aromatic carboxylic acids is 2. The Morgan fingerprint density at radius 3 is 1.72 bits per heavy atom. The van der Waals surface area contributed by atoms with Crippen molar-refractivity contribution in [1.29, 1.82) is 0 Å². The van der Waals surface area contributed by atoms with Crippen LogP contribution in [0.4, 0.5) is 0 Å². The summed E-state index contributed by atoms with van der Waals surface area (Å²) in [5, 5.41) is 19.8. The van der Waals surface area contributed by atoms with Gasteiger partial charge in [-0.3, -0.25) is 0 Å². The Morgan fingerprint density at radius 2 is 1.19 bits per heavy atom. The van der Waals surface area contributed by atoms with E-state index in [9.17, 15) is 19.8 Å². The van der Waals surface area contributed by atoms with E-state index in [1.54, 1.807) is 24.3 Å². The lowest BCUT2D eigenvalue weighted by atomic mass is 9.82. The standard InChI is InChI=1S/C28H30O4/c1-17(2)13-19-15-20(14-18(3)4)26(22-10-6-8-12-24(22)28(31)32)25(16-19)21-9-5-7-11-23(21)27(29)30/h5-12,15-18H,13-14H2,1-4H3,(H,29,30)(H,31,32). The molecule has 0 aliphatic rings. The first-order chi connectivity index (χ1) is 15.2. The average molecular weight is 431 g/mol. The smallest absolute Gasteiger partial charge is 0.336 e. The first-order valence-electron chi connectivity index (χ1n) is 11.0. The molecule has 3 aromatic rings. The Hall–Kier alpha value is -3.40. The molecule has 0 saturated carbocycles. The normalized spacial score (nSPS) is 11.2. The van der Waals surface area contributed by atoms with E-state index in [0.717, 1.165) is 35.1 Å². The van der Waals surface area contributed by atoms with Gasteiger partial charge < -0.3 is 10.2 Å². The van der Waals surface area contributed by atoms with Gasteiger partial charge in [-0.15, -0.1) is 0 Å². The zero-order valence-corrected chi connectivity index (χ0v) is 19.1. The molecule has 4 heteroatoms. The number of rotatable bonds is 8. The molecular weight excluding hydrogens is 400 g/mol. The van der Waals surface area contributed by atoms with Gasteiger partial charge in [0.2, 0.25) is 0 Å². The molecule has 32 heavy (non-hydrogen) atoms. The molecule has 0 aliphatic carbocycles. The van der Waals surface area contributed by atoms with Gasteiger partial charge >= 0.3 is 11.9 Å². The van der Waals surface area contributed by atoms with Crippen molar-refractivity contribution in [2.75, 3.05) is 0 Å². The molecule has 3 aromatic carbocycles. The van der Waals surface area contributed by atoms with Crippen molar-refractivity contribution >= 4 is 11.9 Å². The number of hydrogen-bond donors (Lipinski definition) is 2. The van der Waals surface area contributed by atoms with E-state index in [4.69, 9.17) is 0 Å². The highest BCUT2D eigenvalue weighted by atomic mass is 16.4. The summed E-state index contributed by atoms with van der Waals surface area (Å²) < 4.78 is 0. The average Bonchev–Trinajstić information content (AvgIpc) is 2.72. The van der Waals surface area contributed by atoms with E-state index in [-0.39, 0.29) is 11.1 Å². The predicted octanol–water partition coefficient (Wildman–Crippen LogP) is 6.81.